The van der Waals surface area contributed by atoms with Gasteiger partial charge in [-0.25, -0.2) is 4.98 Å². The molecular formula is C34H30N4O5S2. The lowest BCUT2D eigenvalue weighted by Crippen LogP contribution is -2.30. The number of hydrogen-bond acceptors (Lipinski definition) is 8. The zero-order valence-corrected chi connectivity index (χ0v) is 26.1. The van der Waals surface area contributed by atoms with Crippen molar-refractivity contribution in [2.45, 2.75) is 24.0 Å². The highest BCUT2D eigenvalue weighted by atomic mass is 32.2. The van der Waals surface area contributed by atoms with Crippen LogP contribution in [-0.2, 0) is 9.59 Å². The standard InChI is InChI=1S/C34H30N4O5S2/c1-3-42-26-16-14-23(15-17-26)30-21-44-34(37-30)38-31(39)22(2)45-28-13-7-11-25(19-28)35-33(41)29(20-27-12-8-18-43-27)36-32(40)24-9-5-4-6-10-24/h4-22H,3H2,1-2H3,(H,35,41)(H,36,40)(H,37,38,39)/b29-20-. The van der Waals surface area contributed by atoms with E-state index in [4.69, 9.17) is 9.15 Å². The molecule has 3 N–H and O–H groups in total. The van der Waals surface area contributed by atoms with Gasteiger partial charge in [-0.1, -0.05) is 24.3 Å². The number of thiazole rings is 1. The third-order valence-corrected chi connectivity index (χ3v) is 8.18. The second kappa shape index (κ2) is 15.0. The molecule has 0 saturated heterocycles. The Hall–Kier alpha value is -5.13. The minimum atomic E-state index is -0.532. The number of carbonyl (C=O) groups is 3. The first-order valence-corrected chi connectivity index (χ1v) is 15.8. The van der Waals surface area contributed by atoms with Crippen molar-refractivity contribution >= 4 is 57.7 Å². The van der Waals surface area contributed by atoms with Crippen molar-refractivity contribution in [3.63, 3.8) is 0 Å². The number of hydrogen-bond donors (Lipinski definition) is 3. The Kier molecular flexibility index (Phi) is 10.5. The number of carbonyl (C=O) groups excluding carboxylic acids is 3. The average molecular weight is 639 g/mol. The number of furan rings is 1. The van der Waals surface area contributed by atoms with Crippen molar-refractivity contribution in [3.8, 4) is 17.0 Å². The van der Waals surface area contributed by atoms with Crippen molar-refractivity contribution in [2.24, 2.45) is 0 Å². The van der Waals surface area contributed by atoms with Gasteiger partial charge in [-0.2, -0.15) is 0 Å². The van der Waals surface area contributed by atoms with Crippen LogP contribution in [0.2, 0.25) is 0 Å². The summed E-state index contributed by atoms with van der Waals surface area (Å²) in [5.41, 5.74) is 2.61. The number of rotatable bonds is 12. The van der Waals surface area contributed by atoms with Crippen LogP contribution in [0.15, 0.2) is 118 Å². The number of anilines is 2. The van der Waals surface area contributed by atoms with E-state index in [0.717, 1.165) is 21.9 Å². The number of nitrogens with one attached hydrogen (secondary N) is 3. The van der Waals surface area contributed by atoms with Crippen LogP contribution in [0.5, 0.6) is 5.75 Å². The van der Waals surface area contributed by atoms with Gasteiger partial charge in [0.1, 0.15) is 17.2 Å². The van der Waals surface area contributed by atoms with E-state index in [9.17, 15) is 14.4 Å². The van der Waals surface area contributed by atoms with Crippen LogP contribution in [0.25, 0.3) is 17.3 Å². The molecule has 5 aromatic rings. The highest BCUT2D eigenvalue weighted by Crippen LogP contribution is 2.29. The van der Waals surface area contributed by atoms with Gasteiger partial charge in [0.2, 0.25) is 5.91 Å². The predicted molar refractivity (Wildman–Crippen MR) is 178 cm³/mol. The number of aromatic nitrogens is 1. The zero-order chi connectivity index (χ0) is 31.6. The first-order chi connectivity index (χ1) is 21.9. The van der Waals surface area contributed by atoms with Crippen LogP contribution < -0.4 is 20.7 Å². The number of thioether (sulfide) groups is 1. The van der Waals surface area contributed by atoms with Gasteiger partial charge in [-0.3, -0.25) is 14.4 Å². The lowest BCUT2D eigenvalue weighted by molar-refractivity contribution is -0.115. The molecule has 0 radical (unpaired) electrons. The van der Waals surface area contributed by atoms with Crippen LogP contribution in [0.3, 0.4) is 0 Å². The third-order valence-electron chi connectivity index (χ3n) is 6.33. The summed E-state index contributed by atoms with van der Waals surface area (Å²) in [7, 11) is 0. The minimum Gasteiger partial charge on any atom is -0.494 e. The monoisotopic (exact) mass is 638 g/mol. The topological polar surface area (TPSA) is 123 Å². The van der Waals surface area contributed by atoms with Crippen molar-refractivity contribution in [1.29, 1.82) is 0 Å². The van der Waals surface area contributed by atoms with E-state index in [-0.39, 0.29) is 11.6 Å². The Morgan fingerprint density at radius 2 is 1.78 bits per heavy atom. The van der Waals surface area contributed by atoms with E-state index in [2.05, 4.69) is 20.9 Å². The highest BCUT2D eigenvalue weighted by molar-refractivity contribution is 8.00. The van der Waals surface area contributed by atoms with Gasteiger partial charge in [0.05, 0.1) is 23.8 Å². The van der Waals surface area contributed by atoms with Gasteiger partial charge in [0.15, 0.2) is 5.13 Å². The molecule has 3 aromatic carbocycles. The van der Waals surface area contributed by atoms with Crippen LogP contribution in [0.1, 0.15) is 30.0 Å². The summed E-state index contributed by atoms with van der Waals surface area (Å²) >= 11 is 2.70. The minimum absolute atomic E-state index is 0.0117. The average Bonchev–Trinajstić information content (AvgIpc) is 3.74. The quantitative estimate of drug-likeness (QED) is 0.0966. The van der Waals surface area contributed by atoms with Crippen molar-refractivity contribution in [1.82, 2.24) is 10.3 Å². The van der Waals surface area contributed by atoms with Gasteiger partial charge < -0.3 is 25.1 Å². The molecule has 0 spiro atoms. The Morgan fingerprint density at radius 3 is 2.51 bits per heavy atom. The van der Waals surface area contributed by atoms with Crippen LogP contribution >= 0.6 is 23.1 Å². The third kappa shape index (κ3) is 8.71. The maximum absolute atomic E-state index is 13.3. The van der Waals surface area contributed by atoms with Gasteiger partial charge in [0.25, 0.3) is 11.8 Å². The molecule has 0 saturated carbocycles. The molecule has 1 unspecified atom stereocenters. The van der Waals surface area contributed by atoms with Crippen LogP contribution in [-0.4, -0.2) is 34.6 Å². The molecular weight excluding hydrogens is 609 g/mol. The Morgan fingerprint density at radius 1 is 0.978 bits per heavy atom. The second-order valence-electron chi connectivity index (χ2n) is 9.62. The molecule has 0 fully saturated rings. The number of ether oxygens (including phenoxy) is 1. The first kappa shape index (κ1) is 31.3. The molecule has 11 heteroatoms. The van der Waals surface area contributed by atoms with Crippen molar-refractivity contribution in [3.05, 3.63) is 120 Å². The lowest BCUT2D eigenvalue weighted by Gasteiger charge is -2.13. The van der Waals surface area contributed by atoms with Crippen LogP contribution in [0, 0.1) is 0 Å². The number of amides is 3. The van der Waals surface area contributed by atoms with Crippen molar-refractivity contribution < 1.29 is 23.5 Å². The van der Waals surface area contributed by atoms with E-state index >= 15 is 0 Å². The van der Waals surface area contributed by atoms with Gasteiger partial charge >= 0.3 is 0 Å². The summed E-state index contributed by atoms with van der Waals surface area (Å²) in [5.74, 6) is 0.0363. The summed E-state index contributed by atoms with van der Waals surface area (Å²) in [6.07, 6.45) is 2.94. The summed E-state index contributed by atoms with van der Waals surface area (Å²) < 4.78 is 10.9. The molecule has 9 nitrogen and oxygen atoms in total. The maximum Gasteiger partial charge on any atom is 0.272 e. The molecule has 0 aliphatic carbocycles. The summed E-state index contributed by atoms with van der Waals surface area (Å²) in [5, 5.41) is 10.4. The van der Waals surface area contributed by atoms with Gasteiger partial charge in [0, 0.05) is 33.2 Å². The molecule has 0 aliphatic rings. The fourth-order valence-electron chi connectivity index (χ4n) is 4.12. The number of benzene rings is 3. The molecule has 2 heterocycles. The SMILES string of the molecule is CCOc1ccc(-c2csc(NC(=O)C(C)Sc3cccc(NC(=O)/C(=C/c4ccco4)NC(=O)c4ccccc4)c3)n2)cc1. The Balaban J connectivity index is 1.21. The number of nitrogens with zero attached hydrogens (tertiary/aromatic N) is 1. The molecule has 0 bridgehead atoms. The normalized spacial score (nSPS) is 11.8. The fraction of sp³-hybridized carbons (Fsp3) is 0.118. The maximum atomic E-state index is 13.3. The van der Waals surface area contributed by atoms with Crippen molar-refractivity contribution in [2.75, 3.05) is 17.2 Å². The Bertz CT molecular complexity index is 1780. The summed E-state index contributed by atoms with van der Waals surface area (Å²) in [4.78, 5) is 44.4. The van der Waals surface area contributed by atoms with Gasteiger partial charge in [-0.15, -0.1) is 23.1 Å². The largest absolute Gasteiger partial charge is 0.494 e. The molecule has 5 rings (SSSR count). The van der Waals surface area contributed by atoms with E-state index in [1.807, 2.05) is 42.6 Å². The molecule has 3 amide bonds. The molecule has 0 aliphatic heterocycles. The predicted octanol–water partition coefficient (Wildman–Crippen LogP) is 7.33. The lowest BCUT2D eigenvalue weighted by atomic mass is 10.2. The first-order valence-electron chi connectivity index (χ1n) is 14.1. The highest BCUT2D eigenvalue weighted by Gasteiger charge is 2.19. The van der Waals surface area contributed by atoms with E-state index in [1.165, 1.54) is 35.4 Å². The Labute approximate surface area is 268 Å². The van der Waals surface area contributed by atoms with E-state index in [0.29, 0.717) is 28.7 Å². The van der Waals surface area contributed by atoms with E-state index < -0.39 is 17.1 Å². The molecule has 1 atom stereocenters. The molecule has 2 aromatic heterocycles. The zero-order valence-electron chi connectivity index (χ0n) is 24.5. The smallest absolute Gasteiger partial charge is 0.272 e. The summed E-state index contributed by atoms with van der Waals surface area (Å²) in [6.45, 7) is 4.34. The molecule has 228 valence electrons. The second-order valence-corrected chi connectivity index (χ2v) is 11.9. The molecule has 45 heavy (non-hydrogen) atoms. The fourth-order valence-corrected chi connectivity index (χ4v) is 5.77. The summed E-state index contributed by atoms with van der Waals surface area (Å²) in [6, 6.07) is 26.8. The van der Waals surface area contributed by atoms with Crippen LogP contribution in [0.4, 0.5) is 10.8 Å². The van der Waals surface area contributed by atoms with Gasteiger partial charge in [-0.05, 0) is 80.6 Å². The van der Waals surface area contributed by atoms with E-state index in [1.54, 1.807) is 67.6 Å².